The smallest absolute Gasteiger partial charge is 0.339 e. The molecule has 150 valence electrons. The van der Waals surface area contributed by atoms with E-state index in [-0.39, 0.29) is 5.78 Å². The first-order valence-electron chi connectivity index (χ1n) is 9.68. The quantitative estimate of drug-likeness (QED) is 0.366. The van der Waals surface area contributed by atoms with E-state index in [0.29, 0.717) is 16.7 Å². The van der Waals surface area contributed by atoms with Crippen molar-refractivity contribution in [2.24, 2.45) is 0 Å². The van der Waals surface area contributed by atoms with Crippen molar-refractivity contribution >= 4 is 28.3 Å². The number of fused-ring (bicyclic) bond motifs is 1. The first-order valence-corrected chi connectivity index (χ1v) is 9.68. The summed E-state index contributed by atoms with van der Waals surface area (Å²) in [6.07, 6.45) is 0.629. The Balaban J connectivity index is 1.70. The van der Waals surface area contributed by atoms with Crippen LogP contribution in [0.4, 0.5) is 5.69 Å². The van der Waals surface area contributed by atoms with Crippen LogP contribution in [0.25, 0.3) is 10.9 Å². The van der Waals surface area contributed by atoms with Gasteiger partial charge in [0.2, 0.25) is 5.78 Å². The van der Waals surface area contributed by atoms with Gasteiger partial charge in [-0.25, -0.2) is 4.79 Å². The number of ether oxygens (including phenoxy) is 1. The molecule has 1 atom stereocenters. The molecule has 30 heavy (non-hydrogen) atoms. The number of benzene rings is 3. The van der Waals surface area contributed by atoms with Crippen LogP contribution < -0.4 is 4.90 Å². The molecule has 0 radical (unpaired) electrons. The van der Waals surface area contributed by atoms with Gasteiger partial charge in [0, 0.05) is 48.0 Å². The van der Waals surface area contributed by atoms with E-state index in [1.54, 1.807) is 36.5 Å². The largest absolute Gasteiger partial charge is 0.445 e. The van der Waals surface area contributed by atoms with Crippen LogP contribution in [-0.4, -0.2) is 30.8 Å². The molecule has 0 amide bonds. The van der Waals surface area contributed by atoms with Crippen LogP contribution in [0.5, 0.6) is 0 Å². The third-order valence-electron chi connectivity index (χ3n) is 5.02. The SMILES string of the molecule is CN(C)c1cccc(C(=O)O[C@H](C(=O)c2c[nH]c3ccccc23)c2ccccc2)c1. The van der Waals surface area contributed by atoms with Gasteiger partial charge in [-0.1, -0.05) is 54.6 Å². The molecule has 5 nitrogen and oxygen atoms in total. The Morgan fingerprint density at radius 1 is 0.900 bits per heavy atom. The molecule has 3 aromatic carbocycles. The van der Waals surface area contributed by atoms with Gasteiger partial charge in [-0.15, -0.1) is 0 Å². The summed E-state index contributed by atoms with van der Waals surface area (Å²) >= 11 is 0. The zero-order valence-electron chi connectivity index (χ0n) is 16.8. The molecule has 0 aliphatic rings. The minimum Gasteiger partial charge on any atom is -0.445 e. The molecule has 0 bridgehead atoms. The number of H-pyrrole nitrogens is 1. The number of ketones is 1. The molecule has 0 fully saturated rings. The number of carbonyl (C=O) groups is 2. The molecule has 1 heterocycles. The van der Waals surface area contributed by atoms with Crippen molar-refractivity contribution in [3.05, 3.63) is 102 Å². The highest BCUT2D eigenvalue weighted by molar-refractivity contribution is 6.11. The van der Waals surface area contributed by atoms with Gasteiger partial charge >= 0.3 is 5.97 Å². The molecule has 4 aromatic rings. The van der Waals surface area contributed by atoms with Gasteiger partial charge in [0.15, 0.2) is 6.10 Å². The number of aromatic nitrogens is 1. The standard InChI is InChI=1S/C25H22N2O3/c1-27(2)19-12-8-11-18(15-19)25(29)30-24(17-9-4-3-5-10-17)23(28)21-16-26-22-14-7-6-13-20(21)22/h3-16,24,26H,1-2H3/t24-/m0/s1. The minimum atomic E-state index is -1.04. The van der Waals surface area contributed by atoms with Crippen LogP contribution in [0.3, 0.4) is 0 Å². The first-order chi connectivity index (χ1) is 14.5. The maximum atomic E-state index is 13.5. The van der Waals surface area contributed by atoms with E-state index in [0.717, 1.165) is 16.6 Å². The van der Waals surface area contributed by atoms with E-state index in [1.807, 2.05) is 67.5 Å². The number of nitrogens with zero attached hydrogens (tertiary/aromatic N) is 1. The molecule has 0 saturated carbocycles. The second-order valence-electron chi connectivity index (χ2n) is 7.25. The third kappa shape index (κ3) is 3.82. The normalized spacial score (nSPS) is 11.8. The van der Waals surface area contributed by atoms with Crippen molar-refractivity contribution in [1.82, 2.24) is 4.98 Å². The van der Waals surface area contributed by atoms with Crippen LogP contribution in [0, 0.1) is 0 Å². The monoisotopic (exact) mass is 398 g/mol. The average molecular weight is 398 g/mol. The number of aromatic amines is 1. The highest BCUT2D eigenvalue weighted by Crippen LogP contribution is 2.28. The van der Waals surface area contributed by atoms with Gasteiger partial charge in [-0.05, 0) is 24.3 Å². The van der Waals surface area contributed by atoms with E-state index in [4.69, 9.17) is 4.74 Å². The van der Waals surface area contributed by atoms with E-state index >= 15 is 0 Å². The van der Waals surface area contributed by atoms with Crippen molar-refractivity contribution in [2.75, 3.05) is 19.0 Å². The van der Waals surface area contributed by atoms with Crippen LogP contribution in [0.15, 0.2) is 85.1 Å². The van der Waals surface area contributed by atoms with Gasteiger partial charge in [0.05, 0.1) is 5.56 Å². The van der Waals surface area contributed by atoms with Crippen LogP contribution in [0.2, 0.25) is 0 Å². The van der Waals surface area contributed by atoms with E-state index in [9.17, 15) is 9.59 Å². The maximum Gasteiger partial charge on any atom is 0.339 e. The summed E-state index contributed by atoms with van der Waals surface area (Å²) in [5.74, 6) is -0.809. The lowest BCUT2D eigenvalue weighted by Crippen LogP contribution is -2.20. The summed E-state index contributed by atoms with van der Waals surface area (Å²) in [4.78, 5) is 31.4. The zero-order chi connectivity index (χ0) is 21.1. The van der Waals surface area contributed by atoms with Crippen molar-refractivity contribution in [1.29, 1.82) is 0 Å². The van der Waals surface area contributed by atoms with Crippen molar-refractivity contribution in [3.63, 3.8) is 0 Å². The summed E-state index contributed by atoms with van der Waals surface area (Å²) in [6.45, 7) is 0. The summed E-state index contributed by atoms with van der Waals surface area (Å²) in [5.41, 5.74) is 3.26. The number of hydrogen-bond acceptors (Lipinski definition) is 4. The molecule has 4 rings (SSSR count). The molecule has 0 unspecified atom stereocenters. The zero-order valence-corrected chi connectivity index (χ0v) is 16.8. The van der Waals surface area contributed by atoms with Gasteiger partial charge < -0.3 is 14.6 Å². The molecule has 1 N–H and O–H groups in total. The predicted octanol–water partition coefficient (Wildman–Crippen LogP) is 5.01. The lowest BCUT2D eigenvalue weighted by molar-refractivity contribution is 0.0280. The molecule has 0 aliphatic heterocycles. The summed E-state index contributed by atoms with van der Waals surface area (Å²) in [7, 11) is 3.80. The number of rotatable bonds is 6. The fraction of sp³-hybridized carbons (Fsp3) is 0.120. The van der Waals surface area contributed by atoms with Crippen LogP contribution in [0.1, 0.15) is 32.4 Å². The molecule has 0 saturated heterocycles. The van der Waals surface area contributed by atoms with E-state index < -0.39 is 12.1 Å². The Hall–Kier alpha value is -3.86. The van der Waals surface area contributed by atoms with Gasteiger partial charge in [0.1, 0.15) is 0 Å². The van der Waals surface area contributed by atoms with Gasteiger partial charge in [0.25, 0.3) is 0 Å². The first kappa shape index (κ1) is 19.5. The average Bonchev–Trinajstić information content (AvgIpc) is 3.21. The minimum absolute atomic E-state index is 0.268. The Bertz CT molecular complexity index is 1200. The van der Waals surface area contributed by atoms with Crippen molar-refractivity contribution in [2.45, 2.75) is 6.10 Å². The number of anilines is 1. The van der Waals surface area contributed by atoms with E-state index in [1.165, 1.54) is 0 Å². The number of Topliss-reactive ketones (excluding diaryl/α,β-unsaturated/α-hetero) is 1. The Kier molecular flexibility index (Phi) is 5.35. The molecule has 5 heteroatoms. The van der Waals surface area contributed by atoms with Crippen molar-refractivity contribution in [3.8, 4) is 0 Å². The molecule has 1 aromatic heterocycles. The number of esters is 1. The lowest BCUT2D eigenvalue weighted by atomic mass is 9.99. The van der Waals surface area contributed by atoms with Gasteiger partial charge in [-0.2, -0.15) is 0 Å². The van der Waals surface area contributed by atoms with Gasteiger partial charge in [-0.3, -0.25) is 4.79 Å². The second-order valence-corrected chi connectivity index (χ2v) is 7.25. The lowest BCUT2D eigenvalue weighted by Gasteiger charge is -2.18. The summed E-state index contributed by atoms with van der Waals surface area (Å²) in [6, 6.07) is 23.8. The molecular weight excluding hydrogens is 376 g/mol. The number of carbonyl (C=O) groups excluding carboxylic acids is 2. The maximum absolute atomic E-state index is 13.5. The van der Waals surface area contributed by atoms with Crippen molar-refractivity contribution < 1.29 is 14.3 Å². The summed E-state index contributed by atoms with van der Waals surface area (Å²) < 4.78 is 5.77. The van der Waals surface area contributed by atoms with Crippen LogP contribution >= 0.6 is 0 Å². The molecule has 0 aliphatic carbocycles. The van der Waals surface area contributed by atoms with E-state index in [2.05, 4.69) is 4.98 Å². The second kappa shape index (κ2) is 8.25. The Morgan fingerprint density at radius 2 is 1.63 bits per heavy atom. The highest BCUT2D eigenvalue weighted by atomic mass is 16.5. The molecular formula is C25H22N2O3. The molecule has 0 spiro atoms. The fourth-order valence-electron chi connectivity index (χ4n) is 3.40. The van der Waals surface area contributed by atoms with Crippen LogP contribution in [-0.2, 0) is 4.74 Å². The number of hydrogen-bond donors (Lipinski definition) is 1. The summed E-state index contributed by atoms with van der Waals surface area (Å²) in [5, 5.41) is 0.800. The highest BCUT2D eigenvalue weighted by Gasteiger charge is 2.28. The predicted molar refractivity (Wildman–Crippen MR) is 118 cm³/mol. The Morgan fingerprint density at radius 3 is 2.40 bits per heavy atom. The fourth-order valence-corrected chi connectivity index (χ4v) is 3.40. The topological polar surface area (TPSA) is 62.4 Å². The number of para-hydroxylation sites is 1. The third-order valence-corrected chi connectivity index (χ3v) is 5.02. The Labute approximate surface area is 174 Å². The number of nitrogens with one attached hydrogen (secondary N) is 1.